The lowest BCUT2D eigenvalue weighted by atomic mass is 9.84. The average Bonchev–Trinajstić information content (AvgIpc) is 2.84. The molecule has 3 nitrogen and oxygen atoms in total. The van der Waals surface area contributed by atoms with Crippen LogP contribution in [0.2, 0.25) is 0 Å². The van der Waals surface area contributed by atoms with Crippen LogP contribution in [-0.2, 0) is 10.0 Å². The zero-order chi connectivity index (χ0) is 22.8. The lowest BCUT2D eigenvalue weighted by Gasteiger charge is -2.23. The van der Waals surface area contributed by atoms with Gasteiger partial charge in [-0.3, -0.25) is 0 Å². The molecule has 0 aromatic heterocycles. The summed E-state index contributed by atoms with van der Waals surface area (Å²) in [5, 5.41) is 4.57. The van der Waals surface area contributed by atoms with Gasteiger partial charge in [0.2, 0.25) is 10.0 Å². The van der Waals surface area contributed by atoms with Crippen molar-refractivity contribution in [2.24, 2.45) is 0 Å². The minimum Gasteiger partial charge on any atom is -0.210 e. The Kier molecular flexibility index (Phi) is 5.71. The van der Waals surface area contributed by atoms with E-state index in [0.717, 1.165) is 38.2 Å². The molecule has 164 valence electrons. The van der Waals surface area contributed by atoms with Crippen molar-refractivity contribution in [2.75, 3.05) is 6.54 Å². The van der Waals surface area contributed by atoms with Crippen LogP contribution in [0, 0.1) is 6.92 Å². The molecule has 1 unspecified atom stereocenters. The van der Waals surface area contributed by atoms with Gasteiger partial charge < -0.3 is 0 Å². The smallest absolute Gasteiger partial charge is 0.210 e. The van der Waals surface area contributed by atoms with Crippen molar-refractivity contribution in [3.63, 3.8) is 0 Å². The maximum absolute atomic E-state index is 13.1. The van der Waals surface area contributed by atoms with Gasteiger partial charge in [-0.25, -0.2) is 13.1 Å². The van der Waals surface area contributed by atoms with Crippen LogP contribution in [0.3, 0.4) is 0 Å². The summed E-state index contributed by atoms with van der Waals surface area (Å²) in [5.74, 6) is -0.151. The quantitative estimate of drug-likeness (QED) is 0.303. The zero-order valence-corrected chi connectivity index (χ0v) is 19.2. The number of hydrogen-bond donors (Lipinski definition) is 1. The van der Waals surface area contributed by atoms with Gasteiger partial charge in [0.1, 0.15) is 0 Å². The van der Waals surface area contributed by atoms with E-state index in [2.05, 4.69) is 47.2 Å². The van der Waals surface area contributed by atoms with E-state index < -0.39 is 10.0 Å². The Morgan fingerprint density at radius 2 is 1.24 bits per heavy atom. The van der Waals surface area contributed by atoms with E-state index in [1.54, 1.807) is 12.1 Å². The molecule has 0 amide bonds. The van der Waals surface area contributed by atoms with Gasteiger partial charge in [-0.2, -0.15) is 0 Å². The van der Waals surface area contributed by atoms with Crippen LogP contribution in [0.5, 0.6) is 0 Å². The van der Waals surface area contributed by atoms with Crippen molar-refractivity contribution in [1.82, 2.24) is 4.72 Å². The summed E-state index contributed by atoms with van der Waals surface area (Å²) in [6.45, 7) is 2.21. The molecule has 0 bridgehead atoms. The molecule has 33 heavy (non-hydrogen) atoms. The maximum atomic E-state index is 13.1. The molecular weight excluding hydrogens is 426 g/mol. The van der Waals surface area contributed by atoms with Crippen molar-refractivity contribution >= 4 is 31.6 Å². The molecule has 0 fully saturated rings. The number of nitrogens with one attached hydrogen (secondary N) is 1. The van der Waals surface area contributed by atoms with Gasteiger partial charge in [0.25, 0.3) is 0 Å². The van der Waals surface area contributed by atoms with Crippen molar-refractivity contribution in [3.8, 4) is 0 Å². The molecule has 0 saturated heterocycles. The molecule has 4 heteroatoms. The lowest BCUT2D eigenvalue weighted by Crippen LogP contribution is -2.29. The van der Waals surface area contributed by atoms with E-state index in [4.69, 9.17) is 0 Å². The molecule has 5 aromatic carbocycles. The molecular formula is C29H25NO2S. The lowest BCUT2D eigenvalue weighted by molar-refractivity contribution is 0.578. The van der Waals surface area contributed by atoms with Crippen LogP contribution in [0.4, 0.5) is 0 Å². The number of sulfonamides is 1. The summed E-state index contributed by atoms with van der Waals surface area (Å²) in [6, 6.07) is 35.9. The third kappa shape index (κ3) is 4.28. The summed E-state index contributed by atoms with van der Waals surface area (Å²) in [6.07, 6.45) is 0. The first-order valence-corrected chi connectivity index (χ1v) is 12.5. The minimum absolute atomic E-state index is 0.151. The molecule has 0 spiro atoms. The molecule has 0 aliphatic heterocycles. The number of hydrogen-bond acceptors (Lipinski definition) is 2. The summed E-state index contributed by atoms with van der Waals surface area (Å²) >= 11 is 0. The van der Waals surface area contributed by atoms with Gasteiger partial charge in [0, 0.05) is 12.5 Å². The summed E-state index contributed by atoms with van der Waals surface area (Å²) in [5.41, 5.74) is 3.24. The van der Waals surface area contributed by atoms with Gasteiger partial charge in [-0.15, -0.1) is 0 Å². The highest BCUT2D eigenvalue weighted by atomic mass is 32.2. The largest absolute Gasteiger partial charge is 0.240 e. The standard InChI is InChI=1S/C29H25NO2S/c1-21-15-17-25(18-16-21)33(31,32)30-20-28(22-9-3-2-4-10-22)29-26-13-7-5-11-23(26)19-24-12-6-8-14-27(24)29/h2-19,28,30H,20H2,1H3. The molecule has 0 heterocycles. The van der Waals surface area contributed by atoms with Gasteiger partial charge in [0.05, 0.1) is 4.90 Å². The molecule has 0 radical (unpaired) electrons. The van der Waals surface area contributed by atoms with E-state index in [0.29, 0.717) is 0 Å². The predicted molar refractivity (Wildman–Crippen MR) is 136 cm³/mol. The second kappa shape index (κ2) is 8.81. The van der Waals surface area contributed by atoms with Gasteiger partial charge >= 0.3 is 0 Å². The first kappa shape index (κ1) is 21.4. The van der Waals surface area contributed by atoms with Crippen molar-refractivity contribution < 1.29 is 8.42 Å². The molecule has 0 saturated carbocycles. The normalized spacial score (nSPS) is 12.8. The van der Waals surface area contributed by atoms with E-state index in [9.17, 15) is 8.42 Å². The van der Waals surface area contributed by atoms with Crippen molar-refractivity contribution in [3.05, 3.63) is 126 Å². The Balaban J connectivity index is 1.65. The molecule has 0 aliphatic carbocycles. The van der Waals surface area contributed by atoms with Crippen molar-refractivity contribution in [1.29, 1.82) is 0 Å². The highest BCUT2D eigenvalue weighted by Crippen LogP contribution is 2.37. The third-order valence-corrected chi connectivity index (χ3v) is 7.61. The van der Waals surface area contributed by atoms with Crippen LogP contribution in [0.15, 0.2) is 114 Å². The summed E-state index contributed by atoms with van der Waals surface area (Å²) < 4.78 is 29.1. The molecule has 1 atom stereocenters. The predicted octanol–water partition coefficient (Wildman–Crippen LogP) is 6.41. The number of benzene rings is 5. The van der Waals surface area contributed by atoms with Crippen LogP contribution in [-0.4, -0.2) is 15.0 Å². The maximum Gasteiger partial charge on any atom is 0.240 e. The minimum atomic E-state index is -3.64. The first-order valence-electron chi connectivity index (χ1n) is 11.0. The monoisotopic (exact) mass is 451 g/mol. The number of rotatable bonds is 6. The molecule has 1 N–H and O–H groups in total. The topological polar surface area (TPSA) is 46.2 Å². The van der Waals surface area contributed by atoms with E-state index >= 15 is 0 Å². The molecule has 5 rings (SSSR count). The van der Waals surface area contributed by atoms with Gasteiger partial charge in [-0.05, 0) is 57.8 Å². The third-order valence-electron chi connectivity index (χ3n) is 6.17. The highest BCUT2D eigenvalue weighted by Gasteiger charge is 2.23. The Bertz CT molecular complexity index is 1470. The van der Waals surface area contributed by atoms with E-state index in [1.807, 2.05) is 61.5 Å². The molecule has 5 aromatic rings. The average molecular weight is 452 g/mol. The fraction of sp³-hybridized carbons (Fsp3) is 0.103. The fourth-order valence-electron chi connectivity index (χ4n) is 4.49. The van der Waals surface area contributed by atoms with E-state index in [1.165, 1.54) is 0 Å². The summed E-state index contributed by atoms with van der Waals surface area (Å²) in [4.78, 5) is 0.280. The Morgan fingerprint density at radius 1 is 0.697 bits per heavy atom. The van der Waals surface area contributed by atoms with Crippen LogP contribution >= 0.6 is 0 Å². The fourth-order valence-corrected chi connectivity index (χ4v) is 5.54. The SMILES string of the molecule is Cc1ccc(S(=O)(=O)NCC(c2ccccc2)c2c3ccccc3cc3ccccc23)cc1. The van der Waals surface area contributed by atoms with Gasteiger partial charge in [-0.1, -0.05) is 96.6 Å². The van der Waals surface area contributed by atoms with Crippen molar-refractivity contribution in [2.45, 2.75) is 17.7 Å². The highest BCUT2D eigenvalue weighted by molar-refractivity contribution is 7.89. The Morgan fingerprint density at radius 3 is 1.85 bits per heavy atom. The second-order valence-electron chi connectivity index (χ2n) is 8.36. The van der Waals surface area contributed by atoms with Crippen LogP contribution in [0.25, 0.3) is 21.5 Å². The Hall–Kier alpha value is -3.47. The second-order valence-corrected chi connectivity index (χ2v) is 10.1. The Labute approximate surface area is 194 Å². The number of aryl methyl sites for hydroxylation is 1. The molecule has 0 aliphatic rings. The van der Waals surface area contributed by atoms with E-state index in [-0.39, 0.29) is 17.4 Å². The van der Waals surface area contributed by atoms with Gasteiger partial charge in [0.15, 0.2) is 0 Å². The first-order chi connectivity index (χ1) is 16.0. The zero-order valence-electron chi connectivity index (χ0n) is 18.4. The number of fused-ring (bicyclic) bond motifs is 2. The van der Waals surface area contributed by atoms with Crippen LogP contribution in [0.1, 0.15) is 22.6 Å². The van der Waals surface area contributed by atoms with Crippen LogP contribution < -0.4 is 4.72 Å². The summed E-state index contributed by atoms with van der Waals surface area (Å²) in [7, 11) is -3.64.